The predicted octanol–water partition coefficient (Wildman–Crippen LogP) is 2.82. The van der Waals surface area contributed by atoms with Gasteiger partial charge in [-0.3, -0.25) is 9.48 Å². The van der Waals surface area contributed by atoms with Crippen molar-refractivity contribution >= 4 is 11.9 Å². The quantitative estimate of drug-likeness (QED) is 0.845. The number of carbonyl (C=O) groups excluding carboxylic acids is 1. The van der Waals surface area contributed by atoms with Crippen LogP contribution >= 0.6 is 0 Å². The second kappa shape index (κ2) is 7.90. The number of aryl methyl sites for hydroxylation is 3. The molecule has 144 valence electrons. The van der Waals surface area contributed by atoms with Gasteiger partial charge in [0.2, 0.25) is 5.91 Å². The molecule has 1 unspecified atom stereocenters. The van der Waals surface area contributed by atoms with Crippen LogP contribution in [0.25, 0.3) is 0 Å². The molecule has 1 saturated heterocycles. The normalized spacial score (nSPS) is 16.7. The lowest BCUT2D eigenvalue weighted by atomic mass is 9.97. The van der Waals surface area contributed by atoms with Crippen LogP contribution < -0.4 is 0 Å². The number of carbonyl (C=O) groups is 2. The van der Waals surface area contributed by atoms with Gasteiger partial charge in [0.15, 0.2) is 0 Å². The van der Waals surface area contributed by atoms with Crippen LogP contribution in [-0.4, -0.2) is 44.8 Å². The van der Waals surface area contributed by atoms with Gasteiger partial charge >= 0.3 is 5.97 Å². The topological polar surface area (TPSA) is 75.4 Å². The Kier molecular flexibility index (Phi) is 5.58. The zero-order valence-corrected chi connectivity index (χ0v) is 15.6. The van der Waals surface area contributed by atoms with Crippen LogP contribution in [-0.2, 0) is 17.8 Å². The van der Waals surface area contributed by atoms with Gasteiger partial charge in [-0.15, -0.1) is 0 Å². The molecule has 0 saturated carbocycles. The van der Waals surface area contributed by atoms with Crippen LogP contribution in [0.15, 0.2) is 24.3 Å². The molecule has 1 N–H and O–H groups in total. The van der Waals surface area contributed by atoms with Crippen molar-refractivity contribution in [1.29, 1.82) is 0 Å². The van der Waals surface area contributed by atoms with Gasteiger partial charge in [-0.25, -0.2) is 9.18 Å². The van der Waals surface area contributed by atoms with E-state index < -0.39 is 11.8 Å². The first-order chi connectivity index (χ1) is 12.8. The Morgan fingerprint density at radius 3 is 2.74 bits per heavy atom. The minimum absolute atomic E-state index is 0.107. The van der Waals surface area contributed by atoms with Crippen molar-refractivity contribution in [2.75, 3.05) is 13.1 Å². The van der Waals surface area contributed by atoms with E-state index in [1.165, 1.54) is 12.1 Å². The van der Waals surface area contributed by atoms with Gasteiger partial charge in [-0.1, -0.05) is 6.07 Å². The minimum Gasteiger partial charge on any atom is -0.478 e. The number of benzene rings is 1. The molecule has 1 aliphatic heterocycles. The third-order valence-corrected chi connectivity index (χ3v) is 5.06. The van der Waals surface area contributed by atoms with Crippen molar-refractivity contribution in [2.24, 2.45) is 5.92 Å². The molecular weight excluding hydrogens is 349 g/mol. The molecule has 27 heavy (non-hydrogen) atoms. The fourth-order valence-electron chi connectivity index (χ4n) is 3.68. The molecule has 1 fully saturated rings. The maximum absolute atomic E-state index is 13.5. The fraction of sp³-hybridized carbons (Fsp3) is 0.450. The molecule has 2 aromatic rings. The van der Waals surface area contributed by atoms with Crippen molar-refractivity contribution in [2.45, 2.75) is 39.7 Å². The Morgan fingerprint density at radius 1 is 1.30 bits per heavy atom. The van der Waals surface area contributed by atoms with Gasteiger partial charge < -0.3 is 10.0 Å². The highest BCUT2D eigenvalue weighted by Crippen LogP contribution is 2.23. The Hall–Kier alpha value is -2.70. The number of hydrogen-bond donors (Lipinski definition) is 1. The number of rotatable bonds is 6. The lowest BCUT2D eigenvalue weighted by Crippen LogP contribution is -2.29. The Morgan fingerprint density at radius 2 is 2.07 bits per heavy atom. The first kappa shape index (κ1) is 19.1. The highest BCUT2D eigenvalue weighted by molar-refractivity contribution is 5.88. The third kappa shape index (κ3) is 4.53. The highest BCUT2D eigenvalue weighted by Gasteiger charge is 2.26. The average molecular weight is 373 g/mol. The number of hydrogen-bond acceptors (Lipinski definition) is 3. The average Bonchev–Trinajstić information content (AvgIpc) is 3.20. The third-order valence-electron chi connectivity index (χ3n) is 5.06. The van der Waals surface area contributed by atoms with Crippen LogP contribution in [0.1, 0.15) is 40.2 Å². The second-order valence-corrected chi connectivity index (χ2v) is 7.22. The molecule has 0 spiro atoms. The van der Waals surface area contributed by atoms with Crippen molar-refractivity contribution in [3.63, 3.8) is 0 Å². The summed E-state index contributed by atoms with van der Waals surface area (Å²) in [4.78, 5) is 25.4. The maximum atomic E-state index is 13.5. The lowest BCUT2D eigenvalue weighted by molar-refractivity contribution is -0.130. The number of halogens is 1. The molecule has 7 heteroatoms. The number of aromatic nitrogens is 2. The Bertz CT molecular complexity index is 862. The molecule has 1 amide bonds. The van der Waals surface area contributed by atoms with E-state index in [0.717, 1.165) is 23.4 Å². The molecule has 1 aliphatic rings. The molecule has 1 atom stereocenters. The van der Waals surface area contributed by atoms with Gasteiger partial charge in [0.05, 0.1) is 11.3 Å². The molecule has 1 aromatic heterocycles. The smallest absolute Gasteiger partial charge is 0.338 e. The van der Waals surface area contributed by atoms with Crippen molar-refractivity contribution in [3.8, 4) is 0 Å². The number of carboxylic acid groups (broad SMARTS) is 1. The van der Waals surface area contributed by atoms with Gasteiger partial charge in [0.25, 0.3) is 0 Å². The zero-order valence-electron chi connectivity index (χ0n) is 15.6. The SMILES string of the molecule is Cc1cc(C)n(CCC(=O)N2CCC(Cc3ccc(F)c(C(=O)O)c3)C2)n1. The number of nitrogens with zero attached hydrogens (tertiary/aromatic N) is 3. The van der Waals surface area contributed by atoms with Gasteiger partial charge in [0.1, 0.15) is 5.82 Å². The van der Waals surface area contributed by atoms with E-state index in [0.29, 0.717) is 32.5 Å². The van der Waals surface area contributed by atoms with Gasteiger partial charge in [-0.05, 0) is 56.4 Å². The van der Waals surface area contributed by atoms with Gasteiger partial charge in [0, 0.05) is 31.7 Å². The summed E-state index contributed by atoms with van der Waals surface area (Å²) in [6.07, 6.45) is 1.92. The van der Waals surface area contributed by atoms with Crippen LogP contribution in [0.2, 0.25) is 0 Å². The number of amides is 1. The molecule has 0 bridgehead atoms. The van der Waals surface area contributed by atoms with Crippen LogP contribution in [0.4, 0.5) is 4.39 Å². The van der Waals surface area contributed by atoms with E-state index in [1.54, 1.807) is 6.07 Å². The van der Waals surface area contributed by atoms with Crippen LogP contribution in [0.5, 0.6) is 0 Å². The van der Waals surface area contributed by atoms with Gasteiger partial charge in [-0.2, -0.15) is 5.10 Å². The monoisotopic (exact) mass is 373 g/mol. The standard InChI is InChI=1S/C20H24FN3O3/c1-13-9-14(2)24(22-13)8-6-19(25)23-7-5-16(12-23)10-15-3-4-18(21)17(11-15)20(26)27/h3-4,9,11,16H,5-8,10,12H2,1-2H3,(H,26,27). The highest BCUT2D eigenvalue weighted by atomic mass is 19.1. The summed E-state index contributed by atoms with van der Waals surface area (Å²) in [5, 5.41) is 13.4. The molecule has 6 nitrogen and oxygen atoms in total. The molecule has 1 aromatic carbocycles. The van der Waals surface area contributed by atoms with E-state index in [2.05, 4.69) is 5.10 Å². The number of carboxylic acids is 1. The first-order valence-electron chi connectivity index (χ1n) is 9.14. The summed E-state index contributed by atoms with van der Waals surface area (Å²) in [6.45, 7) is 5.83. The largest absolute Gasteiger partial charge is 0.478 e. The number of likely N-dealkylation sites (tertiary alicyclic amines) is 1. The molecule has 0 radical (unpaired) electrons. The Labute approximate surface area is 157 Å². The summed E-state index contributed by atoms with van der Waals surface area (Å²) in [5.41, 5.74) is 2.48. The van der Waals surface area contributed by atoms with Crippen molar-refractivity contribution in [3.05, 3.63) is 52.6 Å². The number of aromatic carboxylic acids is 1. The van der Waals surface area contributed by atoms with E-state index in [1.807, 2.05) is 29.5 Å². The summed E-state index contributed by atoms with van der Waals surface area (Å²) >= 11 is 0. The first-order valence-corrected chi connectivity index (χ1v) is 9.14. The van der Waals surface area contributed by atoms with Crippen molar-refractivity contribution < 1.29 is 19.1 Å². The molecule has 3 rings (SSSR count). The summed E-state index contributed by atoms with van der Waals surface area (Å²) < 4.78 is 15.4. The van der Waals surface area contributed by atoms with Crippen LogP contribution in [0, 0.1) is 25.6 Å². The Balaban J connectivity index is 1.54. The van der Waals surface area contributed by atoms with Crippen LogP contribution in [0.3, 0.4) is 0 Å². The van der Waals surface area contributed by atoms with E-state index in [4.69, 9.17) is 5.11 Å². The van der Waals surface area contributed by atoms with Crippen molar-refractivity contribution in [1.82, 2.24) is 14.7 Å². The fourth-order valence-corrected chi connectivity index (χ4v) is 3.68. The molecule has 2 heterocycles. The second-order valence-electron chi connectivity index (χ2n) is 7.22. The van der Waals surface area contributed by atoms with E-state index >= 15 is 0 Å². The summed E-state index contributed by atoms with van der Waals surface area (Å²) in [6, 6.07) is 6.20. The summed E-state index contributed by atoms with van der Waals surface area (Å²) in [7, 11) is 0. The predicted molar refractivity (Wildman–Crippen MR) is 98.1 cm³/mol. The zero-order chi connectivity index (χ0) is 19.6. The maximum Gasteiger partial charge on any atom is 0.338 e. The lowest BCUT2D eigenvalue weighted by Gasteiger charge is -2.17. The minimum atomic E-state index is -1.26. The molecule has 0 aliphatic carbocycles. The van der Waals surface area contributed by atoms with E-state index in [9.17, 15) is 14.0 Å². The summed E-state index contributed by atoms with van der Waals surface area (Å²) in [5.74, 6) is -1.62. The molecular formula is C20H24FN3O3. The van der Waals surface area contributed by atoms with E-state index in [-0.39, 0.29) is 17.4 Å².